The van der Waals surface area contributed by atoms with Crippen molar-refractivity contribution in [2.45, 2.75) is 18.4 Å². The Labute approximate surface area is 204 Å². The van der Waals surface area contributed by atoms with E-state index >= 15 is 0 Å². The Morgan fingerprint density at radius 1 is 1.06 bits per heavy atom. The number of esters is 1. The number of fused-ring (bicyclic) bond motifs is 1. The van der Waals surface area contributed by atoms with Crippen LogP contribution < -0.4 is 9.52 Å². The average molecular weight is 514 g/mol. The van der Waals surface area contributed by atoms with Gasteiger partial charge >= 0.3 is 5.97 Å². The Kier molecular flexibility index (Phi) is 6.81. The van der Waals surface area contributed by atoms with Crippen molar-refractivity contribution in [1.82, 2.24) is 4.57 Å². The fourth-order valence-electron chi connectivity index (χ4n) is 3.40. The van der Waals surface area contributed by atoms with Crippen molar-refractivity contribution in [3.8, 4) is 0 Å². The lowest BCUT2D eigenvalue weighted by molar-refractivity contribution is 0.0600. The van der Waals surface area contributed by atoms with Crippen LogP contribution in [0.15, 0.2) is 76.6 Å². The number of rotatable bonds is 6. The van der Waals surface area contributed by atoms with Crippen LogP contribution in [0.4, 0.5) is 10.1 Å². The van der Waals surface area contributed by atoms with E-state index < -0.39 is 27.7 Å². The highest BCUT2D eigenvalue weighted by Gasteiger charge is 2.16. The van der Waals surface area contributed by atoms with E-state index in [4.69, 9.17) is 4.74 Å². The molecule has 1 heterocycles. The summed E-state index contributed by atoms with van der Waals surface area (Å²) in [6.07, 6.45) is 0. The SMILES string of the molecule is CCn1c(=NC(=O)c2cccc(NS(=O)(=O)c3ccc(F)cc3)c2)sc2cc(C(=O)OC)ccc21. The third-order valence-corrected chi connectivity index (χ3v) is 7.54. The first-order valence-corrected chi connectivity index (χ1v) is 12.7. The maximum atomic E-state index is 13.1. The molecule has 0 bridgehead atoms. The van der Waals surface area contributed by atoms with Crippen molar-refractivity contribution in [2.75, 3.05) is 11.8 Å². The smallest absolute Gasteiger partial charge is 0.337 e. The molecule has 0 aliphatic rings. The first-order valence-electron chi connectivity index (χ1n) is 10.4. The first-order chi connectivity index (χ1) is 16.7. The quantitative estimate of drug-likeness (QED) is 0.389. The minimum Gasteiger partial charge on any atom is -0.465 e. The summed E-state index contributed by atoms with van der Waals surface area (Å²) in [6.45, 7) is 2.45. The number of hydrogen-bond acceptors (Lipinski definition) is 6. The zero-order chi connectivity index (χ0) is 25.2. The van der Waals surface area contributed by atoms with Crippen LogP contribution in [-0.4, -0.2) is 32.0 Å². The van der Waals surface area contributed by atoms with Gasteiger partial charge in [0.1, 0.15) is 5.82 Å². The summed E-state index contributed by atoms with van der Waals surface area (Å²) in [6, 6.07) is 15.5. The highest BCUT2D eigenvalue weighted by molar-refractivity contribution is 7.92. The standard InChI is InChI=1S/C24H20FN3O5S2/c1-3-28-20-12-7-16(23(30)33-2)14-21(20)34-24(28)26-22(29)15-5-4-6-18(13-15)27-35(31,32)19-10-8-17(25)9-11-19/h4-14,27H,3H2,1-2H3. The lowest BCUT2D eigenvalue weighted by Gasteiger charge is -2.08. The van der Waals surface area contributed by atoms with Crippen LogP contribution in [-0.2, 0) is 21.3 Å². The van der Waals surface area contributed by atoms with Crippen LogP contribution >= 0.6 is 11.3 Å². The molecule has 180 valence electrons. The van der Waals surface area contributed by atoms with Crippen LogP contribution in [0.25, 0.3) is 10.2 Å². The molecule has 0 fully saturated rings. The van der Waals surface area contributed by atoms with Crippen molar-refractivity contribution in [1.29, 1.82) is 0 Å². The molecule has 0 atom stereocenters. The minimum atomic E-state index is -3.97. The molecule has 4 rings (SSSR count). The Hall–Kier alpha value is -3.83. The van der Waals surface area contributed by atoms with E-state index in [9.17, 15) is 22.4 Å². The third kappa shape index (κ3) is 5.15. The van der Waals surface area contributed by atoms with E-state index in [1.807, 2.05) is 11.5 Å². The topological polar surface area (TPSA) is 107 Å². The predicted molar refractivity (Wildman–Crippen MR) is 130 cm³/mol. The molecule has 35 heavy (non-hydrogen) atoms. The van der Waals surface area contributed by atoms with Crippen molar-refractivity contribution in [2.24, 2.45) is 4.99 Å². The number of aromatic nitrogens is 1. The number of carbonyl (C=O) groups excluding carboxylic acids is 2. The summed E-state index contributed by atoms with van der Waals surface area (Å²) in [5.74, 6) is -1.57. The molecule has 3 aromatic carbocycles. The lowest BCUT2D eigenvalue weighted by atomic mass is 10.2. The zero-order valence-corrected chi connectivity index (χ0v) is 20.3. The molecule has 0 unspecified atom stereocenters. The molecular formula is C24H20FN3O5S2. The molecule has 0 aliphatic heterocycles. The fraction of sp³-hybridized carbons (Fsp3) is 0.125. The van der Waals surface area contributed by atoms with Gasteiger partial charge in [0.15, 0.2) is 4.80 Å². The van der Waals surface area contributed by atoms with Crippen LogP contribution in [0.5, 0.6) is 0 Å². The highest BCUT2D eigenvalue weighted by Crippen LogP contribution is 2.21. The second kappa shape index (κ2) is 9.80. The maximum absolute atomic E-state index is 13.1. The molecule has 1 aromatic heterocycles. The lowest BCUT2D eigenvalue weighted by Crippen LogP contribution is -2.16. The van der Waals surface area contributed by atoms with Gasteiger partial charge in [0.25, 0.3) is 15.9 Å². The monoisotopic (exact) mass is 513 g/mol. The Balaban J connectivity index is 1.66. The molecule has 0 saturated heterocycles. The number of anilines is 1. The normalized spacial score (nSPS) is 12.0. The van der Waals surface area contributed by atoms with Gasteiger partial charge in [0.05, 0.1) is 27.8 Å². The second-order valence-electron chi connectivity index (χ2n) is 7.36. The van der Waals surface area contributed by atoms with Gasteiger partial charge in [-0.25, -0.2) is 17.6 Å². The van der Waals surface area contributed by atoms with Gasteiger partial charge in [0, 0.05) is 17.8 Å². The van der Waals surface area contributed by atoms with Crippen molar-refractivity contribution in [3.63, 3.8) is 0 Å². The largest absolute Gasteiger partial charge is 0.465 e. The van der Waals surface area contributed by atoms with E-state index in [1.54, 1.807) is 18.2 Å². The second-order valence-corrected chi connectivity index (χ2v) is 10.1. The Bertz CT molecular complexity index is 1610. The summed E-state index contributed by atoms with van der Waals surface area (Å²) < 4.78 is 48.1. The van der Waals surface area contributed by atoms with Gasteiger partial charge in [-0.15, -0.1) is 0 Å². The summed E-state index contributed by atoms with van der Waals surface area (Å²) in [4.78, 5) is 29.4. The maximum Gasteiger partial charge on any atom is 0.337 e. The number of methoxy groups -OCH3 is 1. The fourth-order valence-corrected chi connectivity index (χ4v) is 5.59. The van der Waals surface area contributed by atoms with E-state index in [-0.39, 0.29) is 16.1 Å². The average Bonchev–Trinajstić information content (AvgIpc) is 3.19. The number of nitrogens with zero attached hydrogens (tertiary/aromatic N) is 2. The molecule has 0 radical (unpaired) electrons. The van der Waals surface area contributed by atoms with Crippen molar-refractivity contribution >= 4 is 49.1 Å². The predicted octanol–water partition coefficient (Wildman–Crippen LogP) is 4.19. The summed E-state index contributed by atoms with van der Waals surface area (Å²) in [7, 11) is -2.67. The molecule has 0 saturated carbocycles. The molecule has 1 N–H and O–H groups in total. The number of aryl methyl sites for hydroxylation is 1. The Morgan fingerprint density at radius 3 is 2.49 bits per heavy atom. The number of hydrogen-bond donors (Lipinski definition) is 1. The van der Waals surface area contributed by atoms with Gasteiger partial charge in [-0.3, -0.25) is 9.52 Å². The molecular weight excluding hydrogens is 493 g/mol. The molecule has 0 aliphatic carbocycles. The van der Waals surface area contributed by atoms with E-state index in [1.165, 1.54) is 42.7 Å². The zero-order valence-electron chi connectivity index (χ0n) is 18.7. The third-order valence-electron chi connectivity index (χ3n) is 5.10. The number of benzene rings is 3. The number of ether oxygens (including phenoxy) is 1. The summed E-state index contributed by atoms with van der Waals surface area (Å²) in [5.41, 5.74) is 1.55. The number of thiazole rings is 1. The highest BCUT2D eigenvalue weighted by atomic mass is 32.2. The number of halogens is 1. The van der Waals surface area contributed by atoms with Gasteiger partial charge in [-0.05, 0) is 67.6 Å². The number of amides is 1. The van der Waals surface area contributed by atoms with Crippen molar-refractivity contribution in [3.05, 3.63) is 88.5 Å². The summed E-state index contributed by atoms with van der Waals surface area (Å²) >= 11 is 1.25. The Morgan fingerprint density at radius 2 is 1.80 bits per heavy atom. The number of nitrogens with one attached hydrogen (secondary N) is 1. The van der Waals surface area contributed by atoms with Crippen LogP contribution in [0, 0.1) is 5.82 Å². The van der Waals surface area contributed by atoms with Gasteiger partial charge < -0.3 is 9.30 Å². The molecule has 1 amide bonds. The van der Waals surface area contributed by atoms with Crippen LogP contribution in [0.3, 0.4) is 0 Å². The van der Waals surface area contributed by atoms with E-state index in [0.29, 0.717) is 16.9 Å². The molecule has 11 heteroatoms. The molecule has 0 spiro atoms. The first kappa shape index (κ1) is 24.3. The molecule has 4 aromatic rings. The van der Waals surface area contributed by atoms with Crippen molar-refractivity contribution < 1.29 is 27.1 Å². The number of carbonyl (C=O) groups is 2. The van der Waals surface area contributed by atoms with Gasteiger partial charge in [-0.2, -0.15) is 4.99 Å². The minimum absolute atomic E-state index is 0.110. The van der Waals surface area contributed by atoms with E-state index in [0.717, 1.165) is 34.5 Å². The molecule has 8 nitrogen and oxygen atoms in total. The van der Waals surface area contributed by atoms with Crippen LogP contribution in [0.1, 0.15) is 27.6 Å². The van der Waals surface area contributed by atoms with Gasteiger partial charge in [-0.1, -0.05) is 17.4 Å². The number of sulfonamides is 1. The van der Waals surface area contributed by atoms with E-state index in [2.05, 4.69) is 9.71 Å². The summed E-state index contributed by atoms with van der Waals surface area (Å²) in [5, 5.41) is 0. The van der Waals surface area contributed by atoms with Crippen LogP contribution in [0.2, 0.25) is 0 Å². The van der Waals surface area contributed by atoms with Gasteiger partial charge in [0.2, 0.25) is 0 Å².